The largest absolute Gasteiger partial charge is 0.493 e. The number of halogens is 1. The number of ether oxygens (including phenoxy) is 2. The summed E-state index contributed by atoms with van der Waals surface area (Å²) >= 11 is 0. The van der Waals surface area contributed by atoms with Crippen molar-refractivity contribution in [2.75, 3.05) is 50.8 Å². The fourth-order valence-corrected chi connectivity index (χ4v) is 5.56. The summed E-state index contributed by atoms with van der Waals surface area (Å²) in [4.78, 5) is 17.1. The van der Waals surface area contributed by atoms with Gasteiger partial charge in [0.05, 0.1) is 6.61 Å². The Morgan fingerprint density at radius 1 is 0.860 bits per heavy atom. The highest BCUT2D eigenvalue weighted by Crippen LogP contribution is 2.23. The van der Waals surface area contributed by atoms with Crippen molar-refractivity contribution in [1.29, 1.82) is 0 Å². The van der Waals surface area contributed by atoms with Crippen LogP contribution in [0.5, 0.6) is 5.75 Å². The maximum atomic E-state index is 13.2. The molecule has 0 aromatic heterocycles. The highest BCUT2D eigenvalue weighted by molar-refractivity contribution is 5.70. The Morgan fingerprint density at radius 3 is 2.19 bits per heavy atom. The van der Waals surface area contributed by atoms with Crippen LogP contribution in [0.3, 0.4) is 0 Å². The first-order valence-electron chi connectivity index (χ1n) is 15.7. The predicted octanol–water partition coefficient (Wildman–Crippen LogP) is 5.98. The fraction of sp³-hybridized carbons (Fsp3) is 0.472. The van der Waals surface area contributed by atoms with Gasteiger partial charge in [-0.2, -0.15) is 0 Å². The molecular formula is C36H48FN3O3. The summed E-state index contributed by atoms with van der Waals surface area (Å²) in [6.45, 7) is 11.8. The molecular weight excluding hydrogens is 541 g/mol. The number of esters is 1. The SMILES string of the molecule is CC(C)(C)OC(=O)CCc1cc(CCN)cc(CCc2ccccc2OCCCN2CCN(c3ccc(F)cc3)CC2)c1. The summed E-state index contributed by atoms with van der Waals surface area (Å²) in [5.74, 6) is 0.588. The number of carbonyl (C=O) groups excluding carboxylic acids is 1. The van der Waals surface area contributed by atoms with Crippen LogP contribution in [0.1, 0.15) is 55.9 Å². The van der Waals surface area contributed by atoms with Crippen LogP contribution in [-0.2, 0) is 35.2 Å². The smallest absolute Gasteiger partial charge is 0.306 e. The van der Waals surface area contributed by atoms with Crippen molar-refractivity contribution < 1.29 is 18.7 Å². The number of carbonyl (C=O) groups is 1. The third-order valence-corrected chi connectivity index (χ3v) is 7.68. The molecule has 0 radical (unpaired) electrons. The molecule has 0 amide bonds. The van der Waals surface area contributed by atoms with Gasteiger partial charge in [-0.1, -0.05) is 36.4 Å². The Bertz CT molecular complexity index is 1300. The molecule has 0 bridgehead atoms. The van der Waals surface area contributed by atoms with Gasteiger partial charge in [-0.05, 0) is 112 Å². The minimum atomic E-state index is -0.471. The molecule has 1 heterocycles. The van der Waals surface area contributed by atoms with Crippen molar-refractivity contribution in [3.8, 4) is 5.75 Å². The molecule has 1 aliphatic rings. The van der Waals surface area contributed by atoms with Gasteiger partial charge in [-0.25, -0.2) is 4.39 Å². The third-order valence-electron chi connectivity index (χ3n) is 7.68. The molecule has 3 aromatic rings. The second kappa shape index (κ2) is 15.9. The molecule has 7 heteroatoms. The highest BCUT2D eigenvalue weighted by Gasteiger charge is 2.18. The number of hydrogen-bond donors (Lipinski definition) is 1. The van der Waals surface area contributed by atoms with E-state index in [0.717, 1.165) is 75.4 Å². The second-order valence-corrected chi connectivity index (χ2v) is 12.4. The normalized spacial score (nSPS) is 14.1. The van der Waals surface area contributed by atoms with Gasteiger partial charge in [0, 0.05) is 44.8 Å². The van der Waals surface area contributed by atoms with Gasteiger partial charge in [-0.3, -0.25) is 9.69 Å². The molecule has 43 heavy (non-hydrogen) atoms. The average Bonchev–Trinajstić information content (AvgIpc) is 2.98. The van der Waals surface area contributed by atoms with Crippen molar-refractivity contribution in [3.05, 3.63) is 94.8 Å². The lowest BCUT2D eigenvalue weighted by molar-refractivity contribution is -0.154. The zero-order valence-electron chi connectivity index (χ0n) is 26.1. The molecule has 0 saturated carbocycles. The van der Waals surface area contributed by atoms with Crippen molar-refractivity contribution in [3.63, 3.8) is 0 Å². The summed E-state index contributed by atoms with van der Waals surface area (Å²) in [6.07, 6.45) is 4.56. The van der Waals surface area contributed by atoms with E-state index >= 15 is 0 Å². The number of aryl methyl sites for hydroxylation is 3. The van der Waals surface area contributed by atoms with E-state index in [9.17, 15) is 9.18 Å². The Labute approximate surface area is 257 Å². The predicted molar refractivity (Wildman–Crippen MR) is 172 cm³/mol. The zero-order chi connectivity index (χ0) is 30.7. The molecule has 0 unspecified atom stereocenters. The van der Waals surface area contributed by atoms with Crippen LogP contribution >= 0.6 is 0 Å². The van der Waals surface area contributed by atoms with E-state index in [1.807, 2.05) is 39.0 Å². The first kappa shape index (κ1) is 32.5. The van der Waals surface area contributed by atoms with Gasteiger partial charge in [0.1, 0.15) is 17.2 Å². The van der Waals surface area contributed by atoms with Gasteiger partial charge < -0.3 is 20.1 Å². The lowest BCUT2D eigenvalue weighted by Gasteiger charge is -2.36. The summed E-state index contributed by atoms with van der Waals surface area (Å²) in [6, 6.07) is 21.7. The summed E-state index contributed by atoms with van der Waals surface area (Å²) in [5.41, 5.74) is 11.3. The van der Waals surface area contributed by atoms with E-state index in [1.165, 1.54) is 28.8 Å². The molecule has 6 nitrogen and oxygen atoms in total. The van der Waals surface area contributed by atoms with Crippen LogP contribution in [0.15, 0.2) is 66.7 Å². The van der Waals surface area contributed by atoms with E-state index in [4.69, 9.17) is 15.2 Å². The average molecular weight is 590 g/mol. The maximum Gasteiger partial charge on any atom is 0.306 e. The fourth-order valence-electron chi connectivity index (χ4n) is 5.56. The number of piperazine rings is 1. The molecule has 232 valence electrons. The van der Waals surface area contributed by atoms with E-state index in [-0.39, 0.29) is 11.8 Å². The van der Waals surface area contributed by atoms with Crippen molar-refractivity contribution in [2.24, 2.45) is 5.73 Å². The molecule has 1 aliphatic heterocycles. The van der Waals surface area contributed by atoms with Crippen molar-refractivity contribution in [2.45, 2.75) is 64.9 Å². The van der Waals surface area contributed by atoms with Crippen LogP contribution in [0, 0.1) is 5.82 Å². The van der Waals surface area contributed by atoms with Crippen LogP contribution in [0.2, 0.25) is 0 Å². The standard InChI is InChI=1S/C36H48FN3O3/c1-36(2,3)43-35(41)16-10-29-25-28(26-30(27-29)17-18-38)9-11-31-7-4-5-8-34(31)42-24-6-19-39-20-22-40(23-21-39)33-14-12-32(37)13-15-33/h4-5,7-8,12-15,25-27H,6,9-11,16-24,38H2,1-3H3. The second-order valence-electron chi connectivity index (χ2n) is 12.4. The Kier molecular flexibility index (Phi) is 12.0. The van der Waals surface area contributed by atoms with E-state index in [2.05, 4.69) is 46.2 Å². The van der Waals surface area contributed by atoms with Crippen LogP contribution in [-0.4, -0.2) is 62.3 Å². The Balaban J connectivity index is 1.25. The molecule has 1 saturated heterocycles. The van der Waals surface area contributed by atoms with E-state index in [1.54, 1.807) is 0 Å². The topological polar surface area (TPSA) is 68.0 Å². The first-order valence-corrected chi connectivity index (χ1v) is 15.7. The lowest BCUT2D eigenvalue weighted by Crippen LogP contribution is -2.46. The molecule has 0 aliphatic carbocycles. The maximum absolute atomic E-state index is 13.2. The highest BCUT2D eigenvalue weighted by atomic mass is 19.1. The number of benzene rings is 3. The number of nitrogens with two attached hydrogens (primary N) is 1. The van der Waals surface area contributed by atoms with Gasteiger partial charge in [-0.15, -0.1) is 0 Å². The van der Waals surface area contributed by atoms with Gasteiger partial charge in [0.25, 0.3) is 0 Å². The quantitative estimate of drug-likeness (QED) is 0.184. The summed E-state index contributed by atoms with van der Waals surface area (Å²) < 4.78 is 25.0. The molecule has 0 atom stereocenters. The first-order chi connectivity index (χ1) is 20.7. The zero-order valence-corrected chi connectivity index (χ0v) is 26.1. The minimum Gasteiger partial charge on any atom is -0.493 e. The van der Waals surface area contributed by atoms with Gasteiger partial charge in [0.2, 0.25) is 0 Å². The number of hydrogen-bond acceptors (Lipinski definition) is 6. The number of para-hydroxylation sites is 1. The van der Waals surface area contributed by atoms with E-state index < -0.39 is 5.60 Å². The van der Waals surface area contributed by atoms with Crippen LogP contribution in [0.25, 0.3) is 0 Å². The van der Waals surface area contributed by atoms with E-state index in [0.29, 0.717) is 26.0 Å². The summed E-state index contributed by atoms with van der Waals surface area (Å²) in [5, 5.41) is 0. The molecule has 0 spiro atoms. The molecule has 3 aromatic carbocycles. The number of nitrogens with zero attached hydrogens (tertiary/aromatic N) is 2. The van der Waals surface area contributed by atoms with Crippen molar-refractivity contribution in [1.82, 2.24) is 4.90 Å². The minimum absolute atomic E-state index is 0.170. The molecule has 2 N–H and O–H groups in total. The Morgan fingerprint density at radius 2 is 1.51 bits per heavy atom. The van der Waals surface area contributed by atoms with Gasteiger partial charge in [0.15, 0.2) is 0 Å². The Hall–Kier alpha value is -3.42. The number of anilines is 1. The van der Waals surface area contributed by atoms with Gasteiger partial charge >= 0.3 is 5.97 Å². The number of rotatable bonds is 14. The summed E-state index contributed by atoms with van der Waals surface area (Å²) in [7, 11) is 0. The van der Waals surface area contributed by atoms with Crippen molar-refractivity contribution >= 4 is 11.7 Å². The monoisotopic (exact) mass is 589 g/mol. The molecule has 4 rings (SSSR count). The van der Waals surface area contributed by atoms with Crippen LogP contribution in [0.4, 0.5) is 10.1 Å². The van der Waals surface area contributed by atoms with Crippen LogP contribution < -0.4 is 15.4 Å². The molecule has 1 fully saturated rings. The third kappa shape index (κ3) is 11.0. The lowest BCUT2D eigenvalue weighted by atomic mass is 9.96.